The smallest absolute Gasteiger partial charge is 0.273 e. The molecule has 0 aliphatic heterocycles. The number of hydrogen-bond donors (Lipinski definition) is 1. The van der Waals surface area contributed by atoms with Crippen molar-refractivity contribution in [3.63, 3.8) is 0 Å². The first-order valence-electron chi connectivity index (χ1n) is 7.72. The van der Waals surface area contributed by atoms with E-state index in [1.54, 1.807) is 6.21 Å². The highest BCUT2D eigenvalue weighted by molar-refractivity contribution is 5.86. The zero-order chi connectivity index (χ0) is 18.6. The van der Waals surface area contributed by atoms with Crippen molar-refractivity contribution in [3.05, 3.63) is 69.8 Å². The van der Waals surface area contributed by atoms with Crippen molar-refractivity contribution < 1.29 is 18.0 Å². The van der Waals surface area contributed by atoms with Crippen LogP contribution in [0.15, 0.2) is 41.5 Å². The Balaban J connectivity index is 2.02. The molecule has 0 heterocycles. The van der Waals surface area contributed by atoms with Crippen LogP contribution in [0.25, 0.3) is 0 Å². The highest BCUT2D eigenvalue weighted by Crippen LogP contribution is 2.29. The van der Waals surface area contributed by atoms with Crippen LogP contribution in [0, 0.1) is 20.8 Å². The number of carbonyl (C=O) groups excluding carboxylic acids is 1. The van der Waals surface area contributed by atoms with Gasteiger partial charge in [-0.05, 0) is 43.5 Å². The fourth-order valence-electron chi connectivity index (χ4n) is 2.65. The number of nitrogens with one attached hydrogen (secondary N) is 1. The lowest BCUT2D eigenvalue weighted by molar-refractivity contribution is -0.137. The zero-order valence-corrected chi connectivity index (χ0v) is 14.2. The molecular weight excluding hydrogens is 329 g/mol. The van der Waals surface area contributed by atoms with Crippen LogP contribution >= 0.6 is 0 Å². The summed E-state index contributed by atoms with van der Waals surface area (Å²) in [5.74, 6) is -0.474. The van der Waals surface area contributed by atoms with Gasteiger partial charge in [0.25, 0.3) is 0 Å². The van der Waals surface area contributed by atoms with Gasteiger partial charge in [0, 0.05) is 5.56 Å². The van der Waals surface area contributed by atoms with Crippen LogP contribution in [0.2, 0.25) is 0 Å². The van der Waals surface area contributed by atoms with Crippen LogP contribution in [0.3, 0.4) is 0 Å². The van der Waals surface area contributed by atoms with Gasteiger partial charge in [0.05, 0.1) is 18.2 Å². The van der Waals surface area contributed by atoms with Gasteiger partial charge in [-0.25, -0.2) is 5.43 Å². The van der Waals surface area contributed by atoms with Crippen molar-refractivity contribution in [1.29, 1.82) is 0 Å². The van der Waals surface area contributed by atoms with Gasteiger partial charge in [-0.15, -0.1) is 0 Å². The fraction of sp³-hybridized carbons (Fsp3) is 0.263. The Bertz CT molecular complexity index is 788. The molecule has 0 unspecified atom stereocenters. The van der Waals surface area contributed by atoms with Gasteiger partial charge < -0.3 is 0 Å². The second-order valence-electron chi connectivity index (χ2n) is 5.98. The molecular formula is C19H19F3N2O. The number of benzene rings is 2. The van der Waals surface area contributed by atoms with Crippen molar-refractivity contribution in [3.8, 4) is 0 Å². The van der Waals surface area contributed by atoms with E-state index >= 15 is 0 Å². The van der Waals surface area contributed by atoms with E-state index in [0.29, 0.717) is 0 Å². The summed E-state index contributed by atoms with van der Waals surface area (Å²) in [5.41, 5.74) is 5.99. The minimum absolute atomic E-state index is 0.173. The van der Waals surface area contributed by atoms with E-state index in [9.17, 15) is 18.0 Å². The molecule has 1 N–H and O–H groups in total. The Hall–Kier alpha value is -2.63. The second kappa shape index (κ2) is 7.51. The molecule has 0 aliphatic carbocycles. The minimum Gasteiger partial charge on any atom is -0.273 e. The number of hydrogen-bond acceptors (Lipinski definition) is 2. The van der Waals surface area contributed by atoms with E-state index in [-0.39, 0.29) is 12.0 Å². The number of carbonyl (C=O) groups is 1. The topological polar surface area (TPSA) is 41.5 Å². The molecule has 3 nitrogen and oxygen atoms in total. The van der Waals surface area contributed by atoms with Gasteiger partial charge in [-0.2, -0.15) is 18.3 Å². The third-order valence-corrected chi connectivity index (χ3v) is 3.74. The quantitative estimate of drug-likeness (QED) is 0.649. The second-order valence-corrected chi connectivity index (χ2v) is 5.98. The lowest BCUT2D eigenvalue weighted by Crippen LogP contribution is -2.20. The number of halogens is 3. The fourth-order valence-corrected chi connectivity index (χ4v) is 2.65. The third kappa shape index (κ3) is 5.17. The Morgan fingerprint density at radius 3 is 2.36 bits per heavy atom. The van der Waals surface area contributed by atoms with Crippen LogP contribution in [0.5, 0.6) is 0 Å². The van der Waals surface area contributed by atoms with Gasteiger partial charge in [0.1, 0.15) is 0 Å². The summed E-state index contributed by atoms with van der Waals surface area (Å²) in [4.78, 5) is 11.9. The number of nitrogens with zero attached hydrogens (tertiary/aromatic N) is 1. The van der Waals surface area contributed by atoms with Crippen LogP contribution in [-0.2, 0) is 17.4 Å². The first-order chi connectivity index (χ1) is 11.7. The molecule has 0 aliphatic rings. The Kier molecular flexibility index (Phi) is 5.62. The average Bonchev–Trinajstić information content (AvgIpc) is 2.49. The first-order valence-corrected chi connectivity index (χ1v) is 7.72. The van der Waals surface area contributed by atoms with E-state index in [2.05, 4.69) is 10.5 Å². The normalized spacial score (nSPS) is 11.8. The lowest BCUT2D eigenvalue weighted by atomic mass is 10.0. The molecule has 0 fully saturated rings. The zero-order valence-electron chi connectivity index (χ0n) is 14.2. The summed E-state index contributed by atoms with van der Waals surface area (Å²) >= 11 is 0. The lowest BCUT2D eigenvalue weighted by Gasteiger charge is -2.08. The van der Waals surface area contributed by atoms with Crippen LogP contribution in [0.1, 0.15) is 33.4 Å². The molecule has 6 heteroatoms. The molecule has 25 heavy (non-hydrogen) atoms. The monoisotopic (exact) mass is 348 g/mol. The standard InChI is InChI=1S/C19H19F3N2O/c1-12-7-13(2)17(14(3)8-12)11-23-24-18(25)10-15-5-4-6-16(9-15)19(20,21)22/h4-9,11H,10H2,1-3H3,(H,24,25)/b23-11+. The molecule has 0 saturated heterocycles. The van der Waals surface area contributed by atoms with Gasteiger partial charge in [0.15, 0.2) is 0 Å². The van der Waals surface area contributed by atoms with E-state index in [1.807, 2.05) is 32.9 Å². The summed E-state index contributed by atoms with van der Waals surface area (Å²) in [6.07, 6.45) is -3.05. The molecule has 0 saturated carbocycles. The van der Waals surface area contributed by atoms with Crippen LogP contribution in [-0.4, -0.2) is 12.1 Å². The number of amides is 1. The molecule has 1 amide bonds. The van der Waals surface area contributed by atoms with Gasteiger partial charge in [0.2, 0.25) is 5.91 Å². The average molecular weight is 348 g/mol. The van der Waals surface area contributed by atoms with Gasteiger partial charge >= 0.3 is 6.18 Å². The van der Waals surface area contributed by atoms with E-state index in [1.165, 1.54) is 12.1 Å². The molecule has 0 atom stereocenters. The largest absolute Gasteiger partial charge is 0.416 e. The maximum atomic E-state index is 12.7. The number of hydrazone groups is 1. The van der Waals surface area contributed by atoms with Crippen LogP contribution < -0.4 is 5.43 Å². The molecule has 2 rings (SSSR count). The molecule has 2 aromatic rings. The highest BCUT2D eigenvalue weighted by atomic mass is 19.4. The molecule has 2 aromatic carbocycles. The summed E-state index contributed by atoms with van der Waals surface area (Å²) < 4.78 is 38.0. The van der Waals surface area contributed by atoms with E-state index < -0.39 is 17.6 Å². The van der Waals surface area contributed by atoms with Crippen LogP contribution in [0.4, 0.5) is 13.2 Å². The maximum absolute atomic E-state index is 12.7. The number of alkyl halides is 3. The number of aryl methyl sites for hydroxylation is 3. The first kappa shape index (κ1) is 18.7. The Labute approximate surface area is 144 Å². The summed E-state index contributed by atoms with van der Waals surface area (Å²) in [7, 11) is 0. The highest BCUT2D eigenvalue weighted by Gasteiger charge is 2.30. The van der Waals surface area contributed by atoms with E-state index in [0.717, 1.165) is 34.4 Å². The number of rotatable bonds is 4. The minimum atomic E-state index is -4.43. The molecule has 0 aromatic heterocycles. The summed E-state index contributed by atoms with van der Waals surface area (Å²) in [5, 5.41) is 3.91. The molecule has 0 spiro atoms. The van der Waals surface area contributed by atoms with Crippen molar-refractivity contribution in [2.75, 3.05) is 0 Å². The van der Waals surface area contributed by atoms with Crippen molar-refractivity contribution in [2.24, 2.45) is 5.10 Å². The predicted octanol–water partition coefficient (Wildman–Crippen LogP) is 4.32. The molecule has 0 bridgehead atoms. The molecule has 0 radical (unpaired) electrons. The van der Waals surface area contributed by atoms with E-state index in [4.69, 9.17) is 0 Å². The SMILES string of the molecule is Cc1cc(C)c(/C=N/NC(=O)Cc2cccc(C(F)(F)F)c2)c(C)c1. The maximum Gasteiger partial charge on any atom is 0.416 e. The third-order valence-electron chi connectivity index (χ3n) is 3.74. The van der Waals surface area contributed by atoms with Crippen molar-refractivity contribution >= 4 is 12.1 Å². The summed E-state index contributed by atoms with van der Waals surface area (Å²) in [6.45, 7) is 5.90. The molecule has 132 valence electrons. The van der Waals surface area contributed by atoms with Gasteiger partial charge in [-0.3, -0.25) is 4.79 Å². The Morgan fingerprint density at radius 1 is 1.12 bits per heavy atom. The predicted molar refractivity (Wildman–Crippen MR) is 91.5 cm³/mol. The summed E-state index contributed by atoms with van der Waals surface area (Å²) in [6, 6.07) is 8.73. The van der Waals surface area contributed by atoms with Crippen molar-refractivity contribution in [1.82, 2.24) is 5.43 Å². The van der Waals surface area contributed by atoms with Crippen molar-refractivity contribution in [2.45, 2.75) is 33.4 Å². The Morgan fingerprint density at radius 2 is 1.76 bits per heavy atom. The van der Waals surface area contributed by atoms with Gasteiger partial charge in [-0.1, -0.05) is 35.9 Å².